The predicted octanol–water partition coefficient (Wildman–Crippen LogP) is 3.96. The molecule has 2 atom stereocenters. The summed E-state index contributed by atoms with van der Waals surface area (Å²) in [5.41, 5.74) is 1.06. The summed E-state index contributed by atoms with van der Waals surface area (Å²) in [5, 5.41) is 4.84. The van der Waals surface area contributed by atoms with Gasteiger partial charge < -0.3 is 10.2 Å². The zero-order valence-corrected chi connectivity index (χ0v) is 12.4. The second-order valence-corrected chi connectivity index (χ2v) is 5.68. The van der Waals surface area contributed by atoms with E-state index in [1.54, 1.807) is 0 Å². The van der Waals surface area contributed by atoms with Crippen LogP contribution >= 0.6 is 23.2 Å². The van der Waals surface area contributed by atoms with Crippen LogP contribution in [0.5, 0.6) is 0 Å². The van der Waals surface area contributed by atoms with Crippen LogP contribution in [-0.4, -0.2) is 25.2 Å². The van der Waals surface area contributed by atoms with Gasteiger partial charge in [-0.25, -0.2) is 0 Å². The standard InChI is InChI=1S/C14H20Cl2N2/c1-3-17-11-7-8-18(10(2)9-11)13-6-4-5-12(15)14(13)16/h4-6,10-11,17H,3,7-9H2,1-2H3. The maximum Gasteiger partial charge on any atom is 0.0825 e. The molecule has 0 radical (unpaired) electrons. The first-order valence-corrected chi connectivity index (χ1v) is 7.33. The van der Waals surface area contributed by atoms with Gasteiger partial charge in [0.05, 0.1) is 15.7 Å². The lowest BCUT2D eigenvalue weighted by Crippen LogP contribution is -2.47. The van der Waals surface area contributed by atoms with Gasteiger partial charge in [-0.3, -0.25) is 0 Å². The molecule has 1 saturated heterocycles. The fraction of sp³-hybridized carbons (Fsp3) is 0.571. The van der Waals surface area contributed by atoms with E-state index in [-0.39, 0.29) is 0 Å². The molecule has 0 bridgehead atoms. The highest BCUT2D eigenvalue weighted by molar-refractivity contribution is 6.43. The number of hydrogen-bond donors (Lipinski definition) is 1. The SMILES string of the molecule is CCNC1CCN(c2cccc(Cl)c2Cl)C(C)C1. The summed E-state index contributed by atoms with van der Waals surface area (Å²) in [4.78, 5) is 2.36. The van der Waals surface area contributed by atoms with E-state index in [4.69, 9.17) is 23.2 Å². The lowest BCUT2D eigenvalue weighted by atomic mass is 9.97. The molecule has 4 heteroatoms. The lowest BCUT2D eigenvalue weighted by molar-refractivity contribution is 0.374. The summed E-state index contributed by atoms with van der Waals surface area (Å²) in [5.74, 6) is 0. The van der Waals surface area contributed by atoms with Gasteiger partial charge in [0, 0.05) is 18.6 Å². The summed E-state index contributed by atoms with van der Waals surface area (Å²) in [7, 11) is 0. The first kappa shape index (κ1) is 14.0. The topological polar surface area (TPSA) is 15.3 Å². The first-order chi connectivity index (χ1) is 8.63. The number of nitrogens with zero attached hydrogens (tertiary/aromatic N) is 1. The summed E-state index contributed by atoms with van der Waals surface area (Å²) >= 11 is 12.4. The predicted molar refractivity (Wildman–Crippen MR) is 80.0 cm³/mol. The fourth-order valence-electron chi connectivity index (χ4n) is 2.72. The summed E-state index contributed by atoms with van der Waals surface area (Å²) < 4.78 is 0. The molecule has 100 valence electrons. The van der Waals surface area contributed by atoms with Crippen LogP contribution in [0.25, 0.3) is 0 Å². The number of nitrogens with one attached hydrogen (secondary N) is 1. The van der Waals surface area contributed by atoms with Gasteiger partial charge in [-0.15, -0.1) is 0 Å². The molecule has 1 aromatic carbocycles. The summed E-state index contributed by atoms with van der Waals surface area (Å²) in [6.45, 7) is 6.47. The molecule has 0 amide bonds. The van der Waals surface area contributed by atoms with E-state index in [0.29, 0.717) is 22.1 Å². The highest BCUT2D eigenvalue weighted by Gasteiger charge is 2.26. The van der Waals surface area contributed by atoms with Crippen molar-refractivity contribution in [3.63, 3.8) is 0 Å². The molecule has 18 heavy (non-hydrogen) atoms. The van der Waals surface area contributed by atoms with Gasteiger partial charge in [0.25, 0.3) is 0 Å². The second kappa shape index (κ2) is 6.14. The monoisotopic (exact) mass is 286 g/mol. The van der Waals surface area contributed by atoms with Crippen molar-refractivity contribution in [2.45, 2.75) is 38.8 Å². The average Bonchev–Trinajstić information content (AvgIpc) is 2.34. The minimum atomic E-state index is 0.485. The van der Waals surface area contributed by atoms with Gasteiger partial charge in [-0.05, 0) is 38.4 Å². The van der Waals surface area contributed by atoms with Crippen LogP contribution in [0.3, 0.4) is 0 Å². The van der Waals surface area contributed by atoms with Crippen molar-refractivity contribution < 1.29 is 0 Å². The van der Waals surface area contributed by atoms with Gasteiger partial charge in [0.15, 0.2) is 0 Å². The number of hydrogen-bond acceptors (Lipinski definition) is 2. The Kier molecular flexibility index (Phi) is 4.77. The molecule has 1 aliphatic heterocycles. The second-order valence-electron chi connectivity index (χ2n) is 4.89. The number of piperidine rings is 1. The third-order valence-corrected chi connectivity index (χ3v) is 4.42. The highest BCUT2D eigenvalue weighted by Crippen LogP contribution is 2.35. The van der Waals surface area contributed by atoms with E-state index in [2.05, 4.69) is 30.1 Å². The molecular formula is C14H20Cl2N2. The van der Waals surface area contributed by atoms with Crippen LogP contribution < -0.4 is 10.2 Å². The molecule has 2 unspecified atom stereocenters. The van der Waals surface area contributed by atoms with Crippen molar-refractivity contribution in [3.8, 4) is 0 Å². The Bertz CT molecular complexity index is 409. The Morgan fingerprint density at radius 3 is 2.83 bits per heavy atom. The third-order valence-electron chi connectivity index (χ3n) is 3.61. The van der Waals surface area contributed by atoms with E-state index >= 15 is 0 Å². The molecule has 0 saturated carbocycles. The van der Waals surface area contributed by atoms with Crippen LogP contribution in [0.2, 0.25) is 10.0 Å². The maximum atomic E-state index is 6.30. The fourth-order valence-corrected chi connectivity index (χ4v) is 3.12. The van der Waals surface area contributed by atoms with Gasteiger partial charge >= 0.3 is 0 Å². The summed E-state index contributed by atoms with van der Waals surface area (Å²) in [6, 6.07) is 6.96. The van der Waals surface area contributed by atoms with Crippen molar-refractivity contribution in [1.29, 1.82) is 0 Å². The molecule has 1 heterocycles. The van der Waals surface area contributed by atoms with Gasteiger partial charge in [-0.2, -0.15) is 0 Å². The Labute approximate surface area is 119 Å². The van der Waals surface area contributed by atoms with E-state index in [9.17, 15) is 0 Å². The zero-order chi connectivity index (χ0) is 13.1. The highest BCUT2D eigenvalue weighted by atomic mass is 35.5. The van der Waals surface area contributed by atoms with Crippen molar-refractivity contribution >= 4 is 28.9 Å². The van der Waals surface area contributed by atoms with Crippen molar-refractivity contribution in [1.82, 2.24) is 5.32 Å². The zero-order valence-electron chi connectivity index (χ0n) is 10.9. The molecule has 1 N–H and O–H groups in total. The Morgan fingerprint density at radius 1 is 1.39 bits per heavy atom. The number of anilines is 1. The molecule has 0 aromatic heterocycles. The number of rotatable bonds is 3. The largest absolute Gasteiger partial charge is 0.367 e. The number of halogens is 2. The van der Waals surface area contributed by atoms with Gasteiger partial charge in [0.1, 0.15) is 0 Å². The Morgan fingerprint density at radius 2 is 2.17 bits per heavy atom. The Balaban J connectivity index is 2.13. The molecule has 0 aliphatic carbocycles. The van der Waals surface area contributed by atoms with E-state index < -0.39 is 0 Å². The van der Waals surface area contributed by atoms with Gasteiger partial charge in [-0.1, -0.05) is 36.2 Å². The smallest absolute Gasteiger partial charge is 0.0825 e. The number of benzene rings is 1. The first-order valence-electron chi connectivity index (χ1n) is 6.57. The molecule has 0 spiro atoms. The molecular weight excluding hydrogens is 267 g/mol. The molecule has 2 nitrogen and oxygen atoms in total. The van der Waals surface area contributed by atoms with Crippen molar-refractivity contribution in [3.05, 3.63) is 28.2 Å². The lowest BCUT2D eigenvalue weighted by Gasteiger charge is -2.40. The van der Waals surface area contributed by atoms with Crippen LogP contribution in [0.1, 0.15) is 26.7 Å². The summed E-state index contributed by atoms with van der Waals surface area (Å²) in [6.07, 6.45) is 2.30. The average molecular weight is 287 g/mol. The van der Waals surface area contributed by atoms with Crippen LogP contribution in [0.4, 0.5) is 5.69 Å². The van der Waals surface area contributed by atoms with Crippen LogP contribution in [0.15, 0.2) is 18.2 Å². The van der Waals surface area contributed by atoms with Crippen molar-refractivity contribution in [2.24, 2.45) is 0 Å². The van der Waals surface area contributed by atoms with Crippen molar-refractivity contribution in [2.75, 3.05) is 18.0 Å². The minimum absolute atomic E-state index is 0.485. The van der Waals surface area contributed by atoms with Crippen LogP contribution in [0, 0.1) is 0 Å². The van der Waals surface area contributed by atoms with E-state index in [1.165, 1.54) is 0 Å². The molecule has 1 fully saturated rings. The van der Waals surface area contributed by atoms with E-state index in [1.807, 2.05) is 12.1 Å². The Hall–Kier alpha value is -0.440. The quantitative estimate of drug-likeness (QED) is 0.905. The molecule has 2 rings (SSSR count). The van der Waals surface area contributed by atoms with Gasteiger partial charge in [0.2, 0.25) is 0 Å². The maximum absolute atomic E-state index is 6.30. The van der Waals surface area contributed by atoms with Crippen LogP contribution in [-0.2, 0) is 0 Å². The normalized spacial score (nSPS) is 24.3. The molecule has 1 aliphatic rings. The molecule has 1 aromatic rings. The van der Waals surface area contributed by atoms with E-state index in [0.717, 1.165) is 31.6 Å². The third kappa shape index (κ3) is 2.93. The minimum Gasteiger partial charge on any atom is -0.367 e.